The van der Waals surface area contributed by atoms with Crippen molar-refractivity contribution in [1.29, 1.82) is 0 Å². The van der Waals surface area contributed by atoms with Gasteiger partial charge in [-0.1, -0.05) is 6.07 Å². The quantitative estimate of drug-likeness (QED) is 0.392. The van der Waals surface area contributed by atoms with Crippen molar-refractivity contribution in [3.63, 3.8) is 0 Å². The lowest BCUT2D eigenvalue weighted by molar-refractivity contribution is -0.142. The van der Waals surface area contributed by atoms with Crippen LogP contribution in [-0.2, 0) is 9.53 Å². The van der Waals surface area contributed by atoms with Crippen molar-refractivity contribution >= 4 is 29.1 Å². The fraction of sp³-hybridized carbons (Fsp3) is 0.650. The Balaban J connectivity index is 1.40. The first kappa shape index (κ1) is 21.6. The van der Waals surface area contributed by atoms with Gasteiger partial charge in [0.05, 0.1) is 4.88 Å². The number of amides is 2. The van der Waals surface area contributed by atoms with E-state index in [1.807, 2.05) is 29.3 Å². The van der Waals surface area contributed by atoms with Gasteiger partial charge < -0.3 is 25.2 Å². The number of guanidine groups is 1. The van der Waals surface area contributed by atoms with Crippen LogP contribution in [0.3, 0.4) is 0 Å². The summed E-state index contributed by atoms with van der Waals surface area (Å²) in [6.45, 7) is 7.70. The Kier molecular flexibility index (Phi) is 8.30. The second-order valence-corrected chi connectivity index (χ2v) is 8.08. The molecule has 0 aromatic carbocycles. The van der Waals surface area contributed by atoms with Crippen LogP contribution in [0.5, 0.6) is 0 Å². The highest BCUT2D eigenvalue weighted by atomic mass is 32.1. The molecular formula is C20H31N5O3S. The first-order valence-corrected chi connectivity index (χ1v) is 11.3. The van der Waals surface area contributed by atoms with Gasteiger partial charge in [0, 0.05) is 52.4 Å². The van der Waals surface area contributed by atoms with Crippen LogP contribution in [0.2, 0.25) is 0 Å². The standard InChI is InChI=1S/C20H31N5O3S/c1-2-21-20(23-9-5-8-22-18(26)17-7-4-15-29-17)25-12-10-24(11-13-25)19(27)16-6-3-14-28-16/h4,7,15-16H,2-3,5-6,8-14H2,1H3,(H,21,23)(H,22,26). The van der Waals surface area contributed by atoms with Crippen molar-refractivity contribution < 1.29 is 14.3 Å². The lowest BCUT2D eigenvalue weighted by Gasteiger charge is -2.37. The summed E-state index contributed by atoms with van der Waals surface area (Å²) in [5.41, 5.74) is 0. The molecule has 0 radical (unpaired) electrons. The maximum atomic E-state index is 12.5. The molecule has 160 valence electrons. The minimum atomic E-state index is -0.243. The number of carbonyl (C=O) groups excluding carboxylic acids is 2. The van der Waals surface area contributed by atoms with E-state index in [9.17, 15) is 9.59 Å². The molecule has 2 N–H and O–H groups in total. The zero-order valence-electron chi connectivity index (χ0n) is 17.1. The summed E-state index contributed by atoms with van der Waals surface area (Å²) in [5.74, 6) is 0.981. The topological polar surface area (TPSA) is 86.3 Å². The highest BCUT2D eigenvalue weighted by Crippen LogP contribution is 2.16. The fourth-order valence-electron chi connectivity index (χ4n) is 3.50. The minimum absolute atomic E-state index is 0.0251. The van der Waals surface area contributed by atoms with Gasteiger partial charge in [0.25, 0.3) is 11.8 Å². The molecule has 2 fully saturated rings. The second-order valence-electron chi connectivity index (χ2n) is 7.14. The molecule has 9 heteroatoms. The average molecular weight is 422 g/mol. The van der Waals surface area contributed by atoms with E-state index >= 15 is 0 Å². The normalized spacial score (nSPS) is 20.0. The molecule has 3 heterocycles. The van der Waals surface area contributed by atoms with Crippen LogP contribution in [0, 0.1) is 0 Å². The van der Waals surface area contributed by atoms with Crippen molar-refractivity contribution in [3.8, 4) is 0 Å². The number of nitrogens with one attached hydrogen (secondary N) is 2. The first-order valence-electron chi connectivity index (χ1n) is 10.4. The molecule has 2 aliphatic rings. The minimum Gasteiger partial charge on any atom is -0.368 e. The number of hydrogen-bond donors (Lipinski definition) is 2. The molecule has 1 aromatic rings. The van der Waals surface area contributed by atoms with Gasteiger partial charge in [-0.15, -0.1) is 11.3 Å². The van der Waals surface area contributed by atoms with E-state index < -0.39 is 0 Å². The van der Waals surface area contributed by atoms with Gasteiger partial charge in [-0.2, -0.15) is 0 Å². The number of hydrogen-bond acceptors (Lipinski definition) is 5. The van der Waals surface area contributed by atoms with Gasteiger partial charge in [0.15, 0.2) is 5.96 Å². The number of rotatable bonds is 7. The summed E-state index contributed by atoms with van der Waals surface area (Å²) in [7, 11) is 0. The molecule has 0 saturated carbocycles. The van der Waals surface area contributed by atoms with Crippen molar-refractivity contribution in [2.24, 2.45) is 4.99 Å². The smallest absolute Gasteiger partial charge is 0.261 e. The summed E-state index contributed by atoms with van der Waals surface area (Å²) in [6, 6.07) is 3.70. The molecule has 8 nitrogen and oxygen atoms in total. The van der Waals surface area contributed by atoms with Gasteiger partial charge in [0.1, 0.15) is 6.10 Å². The van der Waals surface area contributed by atoms with Gasteiger partial charge >= 0.3 is 0 Å². The van der Waals surface area contributed by atoms with E-state index in [0.717, 1.165) is 49.7 Å². The molecule has 2 amide bonds. The Morgan fingerprint density at radius 2 is 2.03 bits per heavy atom. The Labute approximate surface area is 176 Å². The largest absolute Gasteiger partial charge is 0.368 e. The van der Waals surface area contributed by atoms with Crippen molar-refractivity contribution in [2.75, 3.05) is 52.4 Å². The molecule has 2 aliphatic heterocycles. The van der Waals surface area contributed by atoms with E-state index in [2.05, 4.69) is 15.5 Å². The van der Waals surface area contributed by atoms with Crippen LogP contribution >= 0.6 is 11.3 Å². The van der Waals surface area contributed by atoms with E-state index in [1.165, 1.54) is 11.3 Å². The van der Waals surface area contributed by atoms with E-state index in [0.29, 0.717) is 32.8 Å². The number of nitrogens with zero attached hydrogens (tertiary/aromatic N) is 3. The maximum absolute atomic E-state index is 12.5. The summed E-state index contributed by atoms with van der Waals surface area (Å²) >= 11 is 1.44. The van der Waals surface area contributed by atoms with Crippen molar-refractivity contribution in [1.82, 2.24) is 20.4 Å². The van der Waals surface area contributed by atoms with E-state index in [1.54, 1.807) is 0 Å². The van der Waals surface area contributed by atoms with Crippen LogP contribution < -0.4 is 10.6 Å². The zero-order valence-corrected chi connectivity index (χ0v) is 17.9. The molecule has 0 bridgehead atoms. The highest BCUT2D eigenvalue weighted by Gasteiger charge is 2.30. The summed E-state index contributed by atoms with van der Waals surface area (Å²) < 4.78 is 5.53. The molecule has 0 aliphatic carbocycles. The van der Waals surface area contributed by atoms with Gasteiger partial charge in [-0.05, 0) is 37.6 Å². The van der Waals surface area contributed by atoms with Crippen LogP contribution in [0.15, 0.2) is 22.5 Å². The average Bonchev–Trinajstić information content (AvgIpc) is 3.46. The fourth-order valence-corrected chi connectivity index (χ4v) is 4.14. The Morgan fingerprint density at radius 1 is 1.24 bits per heavy atom. The molecule has 0 spiro atoms. The molecule has 3 rings (SSSR count). The lowest BCUT2D eigenvalue weighted by atomic mass is 10.2. The predicted octanol–water partition coefficient (Wildman–Crippen LogP) is 1.16. The molecular weight excluding hydrogens is 390 g/mol. The van der Waals surface area contributed by atoms with E-state index in [4.69, 9.17) is 9.73 Å². The number of aliphatic imine (C=N–C) groups is 1. The molecule has 2 saturated heterocycles. The van der Waals surface area contributed by atoms with E-state index in [-0.39, 0.29) is 17.9 Å². The number of piperazine rings is 1. The SMILES string of the molecule is CCNC(=NCCCNC(=O)c1cccs1)N1CCN(C(=O)C2CCCO2)CC1. The van der Waals surface area contributed by atoms with Gasteiger partial charge in [0.2, 0.25) is 0 Å². The summed E-state index contributed by atoms with van der Waals surface area (Å²) in [5, 5.41) is 8.16. The van der Waals surface area contributed by atoms with Crippen molar-refractivity contribution in [2.45, 2.75) is 32.3 Å². The molecule has 29 heavy (non-hydrogen) atoms. The number of carbonyl (C=O) groups is 2. The van der Waals surface area contributed by atoms with Crippen molar-refractivity contribution in [3.05, 3.63) is 22.4 Å². The maximum Gasteiger partial charge on any atom is 0.261 e. The number of thiophene rings is 1. The van der Waals surface area contributed by atoms with Crippen LogP contribution in [0.1, 0.15) is 35.9 Å². The lowest BCUT2D eigenvalue weighted by Crippen LogP contribution is -2.55. The second kappa shape index (κ2) is 11.2. The highest BCUT2D eigenvalue weighted by molar-refractivity contribution is 7.12. The van der Waals surface area contributed by atoms with Crippen LogP contribution in [0.4, 0.5) is 0 Å². The predicted molar refractivity (Wildman–Crippen MR) is 114 cm³/mol. The third-order valence-electron chi connectivity index (χ3n) is 5.06. The molecule has 1 atom stereocenters. The monoisotopic (exact) mass is 421 g/mol. The zero-order chi connectivity index (χ0) is 20.5. The van der Waals surface area contributed by atoms with Crippen LogP contribution in [0.25, 0.3) is 0 Å². The third-order valence-corrected chi connectivity index (χ3v) is 5.93. The van der Waals surface area contributed by atoms with Gasteiger partial charge in [-0.25, -0.2) is 0 Å². The Hall–Kier alpha value is -2.13. The summed E-state index contributed by atoms with van der Waals surface area (Å²) in [6.07, 6.45) is 2.35. The van der Waals surface area contributed by atoms with Crippen LogP contribution in [-0.4, -0.2) is 86.1 Å². The number of ether oxygens (including phenoxy) is 1. The third kappa shape index (κ3) is 6.17. The molecule has 1 unspecified atom stereocenters. The summed E-state index contributed by atoms with van der Waals surface area (Å²) in [4.78, 5) is 34.0. The Morgan fingerprint density at radius 3 is 2.69 bits per heavy atom. The van der Waals surface area contributed by atoms with Gasteiger partial charge in [-0.3, -0.25) is 14.6 Å². The Bertz CT molecular complexity index is 680. The molecule has 1 aromatic heterocycles. The first-order chi connectivity index (χ1) is 14.2.